The number of phenolic OH excluding ortho intramolecular Hbond substituents is 1. The smallest absolute Gasteiger partial charge is 0.200 e. The lowest BCUT2D eigenvalue weighted by atomic mass is 10.2. The normalized spacial score (nSPS) is 10.6. The van der Waals surface area contributed by atoms with Crippen LogP contribution in [0.5, 0.6) is 17.2 Å². The van der Waals surface area contributed by atoms with Crippen molar-refractivity contribution in [2.24, 2.45) is 0 Å². The number of hydrogen-bond donors (Lipinski definition) is 2. The molecule has 2 N–H and O–H groups in total. The lowest BCUT2D eigenvalue weighted by Gasteiger charge is -2.11. The van der Waals surface area contributed by atoms with Gasteiger partial charge in [0.1, 0.15) is 0 Å². The van der Waals surface area contributed by atoms with Gasteiger partial charge < -0.3 is 19.9 Å². The molecule has 0 aliphatic rings. The van der Waals surface area contributed by atoms with Crippen molar-refractivity contribution in [1.29, 1.82) is 0 Å². The highest BCUT2D eigenvalue weighted by Crippen LogP contribution is 2.37. The van der Waals surface area contributed by atoms with E-state index >= 15 is 0 Å². The van der Waals surface area contributed by atoms with Crippen LogP contribution in [0, 0.1) is 6.92 Å². The number of phenols is 1. The number of nitrogens with zero attached hydrogens (tertiary/aromatic N) is 1. The summed E-state index contributed by atoms with van der Waals surface area (Å²) >= 11 is 1.68. The van der Waals surface area contributed by atoms with Gasteiger partial charge in [-0.15, -0.1) is 11.3 Å². The van der Waals surface area contributed by atoms with E-state index in [0.29, 0.717) is 18.0 Å². The van der Waals surface area contributed by atoms with Gasteiger partial charge >= 0.3 is 0 Å². The number of aryl methyl sites for hydroxylation is 1. The van der Waals surface area contributed by atoms with Crippen LogP contribution in [0.25, 0.3) is 0 Å². The van der Waals surface area contributed by atoms with Crippen molar-refractivity contribution in [2.45, 2.75) is 20.0 Å². The Labute approximate surface area is 122 Å². The maximum Gasteiger partial charge on any atom is 0.200 e. The van der Waals surface area contributed by atoms with Gasteiger partial charge in [-0.2, -0.15) is 0 Å². The van der Waals surface area contributed by atoms with Gasteiger partial charge in [0.05, 0.1) is 19.2 Å². The molecule has 0 aliphatic heterocycles. The Kier molecular flexibility index (Phi) is 4.81. The third-order valence-corrected chi connectivity index (χ3v) is 3.75. The molecule has 1 aromatic carbocycles. The van der Waals surface area contributed by atoms with Crippen molar-refractivity contribution in [3.05, 3.63) is 33.8 Å². The van der Waals surface area contributed by atoms with Crippen molar-refractivity contribution in [3.63, 3.8) is 0 Å². The summed E-state index contributed by atoms with van der Waals surface area (Å²) in [7, 11) is 3.04. The Balaban J connectivity index is 2.02. The molecule has 1 heterocycles. The van der Waals surface area contributed by atoms with Crippen LogP contribution in [-0.2, 0) is 13.1 Å². The Morgan fingerprint density at radius 2 is 1.85 bits per heavy atom. The zero-order chi connectivity index (χ0) is 14.5. The highest BCUT2D eigenvalue weighted by atomic mass is 32.1. The van der Waals surface area contributed by atoms with E-state index in [4.69, 9.17) is 9.47 Å². The maximum atomic E-state index is 9.84. The summed E-state index contributed by atoms with van der Waals surface area (Å²) in [6.07, 6.45) is 1.88. The van der Waals surface area contributed by atoms with E-state index in [1.807, 2.05) is 13.1 Å². The quantitative estimate of drug-likeness (QED) is 0.857. The van der Waals surface area contributed by atoms with Crippen molar-refractivity contribution in [3.8, 4) is 17.2 Å². The first-order valence-corrected chi connectivity index (χ1v) is 7.01. The van der Waals surface area contributed by atoms with Gasteiger partial charge in [-0.05, 0) is 24.6 Å². The van der Waals surface area contributed by atoms with Crippen LogP contribution in [0.1, 0.15) is 15.4 Å². The molecule has 108 valence electrons. The summed E-state index contributed by atoms with van der Waals surface area (Å²) < 4.78 is 10.3. The second-order valence-corrected chi connectivity index (χ2v) is 5.62. The van der Waals surface area contributed by atoms with Crippen LogP contribution in [0.15, 0.2) is 18.3 Å². The molecule has 0 spiro atoms. The average molecular weight is 294 g/mol. The summed E-state index contributed by atoms with van der Waals surface area (Å²) in [5.41, 5.74) is 0.984. The first kappa shape index (κ1) is 14.6. The number of rotatable bonds is 6. The topological polar surface area (TPSA) is 63.6 Å². The zero-order valence-corrected chi connectivity index (χ0v) is 12.6. The van der Waals surface area contributed by atoms with Crippen LogP contribution in [0.2, 0.25) is 0 Å². The lowest BCUT2D eigenvalue weighted by Crippen LogP contribution is -2.12. The Bertz CT molecular complexity index is 559. The molecular formula is C14H18N2O3S. The van der Waals surface area contributed by atoms with E-state index < -0.39 is 0 Å². The molecule has 1 aromatic heterocycles. The Morgan fingerprint density at radius 1 is 1.20 bits per heavy atom. The monoisotopic (exact) mass is 294 g/mol. The molecule has 0 atom stereocenters. The number of hydrogen-bond acceptors (Lipinski definition) is 6. The molecule has 0 saturated heterocycles. The number of methoxy groups -OCH3 is 2. The van der Waals surface area contributed by atoms with Gasteiger partial charge in [-0.1, -0.05) is 0 Å². The summed E-state index contributed by atoms with van der Waals surface area (Å²) in [6.45, 7) is 3.41. The molecule has 0 fully saturated rings. The van der Waals surface area contributed by atoms with E-state index in [1.165, 1.54) is 19.1 Å². The summed E-state index contributed by atoms with van der Waals surface area (Å²) in [5, 5.41) is 14.2. The number of ether oxygens (including phenoxy) is 2. The fraction of sp³-hybridized carbons (Fsp3) is 0.357. The van der Waals surface area contributed by atoms with Crippen LogP contribution in [-0.4, -0.2) is 24.3 Å². The standard InChI is InChI=1S/C14H18N2O3S/c1-9-16-8-11(20-9)7-15-6-10-4-12(18-2)14(17)13(5-10)19-3/h4-5,8,15,17H,6-7H2,1-3H3. The van der Waals surface area contributed by atoms with Gasteiger partial charge in [0.25, 0.3) is 0 Å². The molecule has 0 aliphatic carbocycles. The van der Waals surface area contributed by atoms with Crippen LogP contribution < -0.4 is 14.8 Å². The molecule has 20 heavy (non-hydrogen) atoms. The molecule has 0 unspecified atom stereocenters. The Morgan fingerprint density at radius 3 is 2.35 bits per heavy atom. The van der Waals surface area contributed by atoms with Gasteiger partial charge in [-0.25, -0.2) is 4.98 Å². The number of aromatic nitrogens is 1. The number of aromatic hydroxyl groups is 1. The fourth-order valence-corrected chi connectivity index (χ4v) is 2.63. The third-order valence-electron chi connectivity index (χ3n) is 2.84. The van der Waals surface area contributed by atoms with Crippen LogP contribution in [0.3, 0.4) is 0 Å². The van der Waals surface area contributed by atoms with Crippen molar-refractivity contribution < 1.29 is 14.6 Å². The molecule has 2 aromatic rings. The van der Waals surface area contributed by atoms with Crippen LogP contribution in [0.4, 0.5) is 0 Å². The summed E-state index contributed by atoms with van der Waals surface area (Å²) in [4.78, 5) is 5.41. The van der Waals surface area contributed by atoms with E-state index in [1.54, 1.807) is 23.5 Å². The molecule has 2 rings (SSSR count). The van der Waals surface area contributed by atoms with E-state index in [0.717, 1.165) is 17.1 Å². The van der Waals surface area contributed by atoms with Crippen LogP contribution >= 0.6 is 11.3 Å². The molecular weight excluding hydrogens is 276 g/mol. The fourth-order valence-electron chi connectivity index (χ4n) is 1.87. The highest BCUT2D eigenvalue weighted by molar-refractivity contribution is 7.11. The second-order valence-electron chi connectivity index (χ2n) is 4.30. The third kappa shape index (κ3) is 3.40. The largest absolute Gasteiger partial charge is 0.502 e. The van der Waals surface area contributed by atoms with Crippen molar-refractivity contribution in [2.75, 3.05) is 14.2 Å². The molecule has 6 heteroatoms. The molecule has 5 nitrogen and oxygen atoms in total. The second kappa shape index (κ2) is 6.58. The zero-order valence-electron chi connectivity index (χ0n) is 11.8. The molecule has 0 amide bonds. The minimum Gasteiger partial charge on any atom is -0.502 e. The average Bonchev–Trinajstić information content (AvgIpc) is 2.86. The lowest BCUT2D eigenvalue weighted by molar-refractivity contribution is 0.339. The van der Waals surface area contributed by atoms with E-state index in [2.05, 4.69) is 10.3 Å². The predicted octanol–water partition coefficient (Wildman–Crippen LogP) is 2.46. The SMILES string of the molecule is COc1cc(CNCc2cnc(C)s2)cc(OC)c1O. The minimum atomic E-state index is 0.0248. The first-order chi connectivity index (χ1) is 9.63. The summed E-state index contributed by atoms with van der Waals surface area (Å²) in [6, 6.07) is 3.59. The molecule has 0 bridgehead atoms. The highest BCUT2D eigenvalue weighted by Gasteiger charge is 2.11. The summed E-state index contributed by atoms with van der Waals surface area (Å²) in [5.74, 6) is 0.849. The number of thiazole rings is 1. The van der Waals surface area contributed by atoms with Gasteiger partial charge in [-0.3, -0.25) is 0 Å². The molecule has 0 saturated carbocycles. The van der Waals surface area contributed by atoms with E-state index in [9.17, 15) is 5.11 Å². The first-order valence-electron chi connectivity index (χ1n) is 6.20. The number of nitrogens with one attached hydrogen (secondary N) is 1. The van der Waals surface area contributed by atoms with Crippen molar-refractivity contribution >= 4 is 11.3 Å². The van der Waals surface area contributed by atoms with Crippen molar-refractivity contribution in [1.82, 2.24) is 10.3 Å². The number of benzene rings is 1. The maximum absolute atomic E-state index is 9.84. The minimum absolute atomic E-state index is 0.0248. The predicted molar refractivity (Wildman–Crippen MR) is 78.6 cm³/mol. The van der Waals surface area contributed by atoms with Gasteiger partial charge in [0.2, 0.25) is 5.75 Å². The Hall–Kier alpha value is -1.79. The van der Waals surface area contributed by atoms with Gasteiger partial charge in [0.15, 0.2) is 11.5 Å². The van der Waals surface area contributed by atoms with E-state index in [-0.39, 0.29) is 5.75 Å². The molecule has 0 radical (unpaired) electrons. The van der Waals surface area contributed by atoms with Gasteiger partial charge in [0, 0.05) is 24.2 Å².